The number of urea groups is 1. The van der Waals surface area contributed by atoms with Crippen molar-refractivity contribution in [3.63, 3.8) is 0 Å². The predicted octanol–water partition coefficient (Wildman–Crippen LogP) is 5.12. The number of amides is 2. The third kappa shape index (κ3) is 8.94. The maximum Gasteiger partial charge on any atom is 0.329 e. The van der Waals surface area contributed by atoms with Crippen LogP contribution in [-0.2, 0) is 32.1 Å². The second kappa shape index (κ2) is 14.0. The second-order valence-electron chi connectivity index (χ2n) is 9.38. The van der Waals surface area contributed by atoms with Crippen molar-refractivity contribution in [1.82, 2.24) is 10.2 Å². The Morgan fingerprint density at radius 1 is 0.865 bits per heavy atom. The van der Waals surface area contributed by atoms with Crippen LogP contribution in [0.2, 0.25) is 0 Å². The molecule has 0 bridgehead atoms. The largest absolute Gasteiger partial charge is 0.466 e. The number of carbonyl (C=O) groups excluding carboxylic acids is 3. The molecule has 3 aromatic rings. The Labute approximate surface area is 218 Å². The van der Waals surface area contributed by atoms with Crippen LogP contribution in [0.5, 0.6) is 0 Å². The molecular formula is C30H36N2O5. The number of nitrogens with zero attached hydrogens (tertiary/aromatic N) is 1. The summed E-state index contributed by atoms with van der Waals surface area (Å²) in [4.78, 5) is 39.9. The van der Waals surface area contributed by atoms with Gasteiger partial charge in [0.25, 0.3) is 0 Å². The van der Waals surface area contributed by atoms with Crippen LogP contribution in [0, 0.1) is 5.92 Å². The molecule has 37 heavy (non-hydrogen) atoms. The average molecular weight is 505 g/mol. The Bertz CT molecular complexity index is 1180. The maximum absolute atomic E-state index is 13.3. The minimum absolute atomic E-state index is 0.0851. The Balaban J connectivity index is 1.76. The van der Waals surface area contributed by atoms with Gasteiger partial charge in [-0.25, -0.2) is 9.59 Å². The number of hydrogen-bond donors (Lipinski definition) is 1. The normalized spacial score (nSPS) is 11.7. The molecule has 3 aromatic carbocycles. The molecule has 2 amide bonds. The Morgan fingerprint density at radius 2 is 1.57 bits per heavy atom. The molecule has 1 atom stereocenters. The summed E-state index contributed by atoms with van der Waals surface area (Å²) in [5.41, 5.74) is 1.77. The van der Waals surface area contributed by atoms with Gasteiger partial charge in [-0.2, -0.15) is 0 Å². The van der Waals surface area contributed by atoms with Gasteiger partial charge in [0.05, 0.1) is 13.0 Å². The highest BCUT2D eigenvalue weighted by atomic mass is 16.5. The number of rotatable bonds is 12. The summed E-state index contributed by atoms with van der Waals surface area (Å²) in [6, 6.07) is 22.1. The SMILES string of the molecule is CCOC(=O)CCN(CC(C)C)C(=O)N[C@@H](Cc1ccc2ccccc2c1)C(=O)OCc1ccccc1. The summed E-state index contributed by atoms with van der Waals surface area (Å²) in [5, 5.41) is 5.02. The van der Waals surface area contributed by atoms with E-state index < -0.39 is 18.0 Å². The molecule has 0 saturated heterocycles. The van der Waals surface area contributed by atoms with Gasteiger partial charge in [-0.1, -0.05) is 86.6 Å². The van der Waals surface area contributed by atoms with Crippen LogP contribution in [0.4, 0.5) is 4.79 Å². The van der Waals surface area contributed by atoms with Gasteiger partial charge in [0.1, 0.15) is 12.6 Å². The first-order valence-corrected chi connectivity index (χ1v) is 12.7. The zero-order valence-corrected chi connectivity index (χ0v) is 21.8. The first kappa shape index (κ1) is 27.7. The lowest BCUT2D eigenvalue weighted by molar-refractivity contribution is -0.147. The lowest BCUT2D eigenvalue weighted by Gasteiger charge is -2.27. The fourth-order valence-electron chi connectivity index (χ4n) is 4.04. The van der Waals surface area contributed by atoms with Crippen molar-refractivity contribution >= 4 is 28.7 Å². The van der Waals surface area contributed by atoms with Gasteiger partial charge in [-0.15, -0.1) is 0 Å². The van der Waals surface area contributed by atoms with Crippen LogP contribution in [0.1, 0.15) is 38.3 Å². The Hall–Kier alpha value is -3.87. The number of carbonyl (C=O) groups is 3. The maximum atomic E-state index is 13.3. The molecule has 0 aliphatic rings. The summed E-state index contributed by atoms with van der Waals surface area (Å²) in [6.45, 7) is 6.77. The topological polar surface area (TPSA) is 84.9 Å². The van der Waals surface area contributed by atoms with Crippen LogP contribution in [0.15, 0.2) is 72.8 Å². The molecule has 196 valence electrons. The molecule has 0 spiro atoms. The van der Waals surface area contributed by atoms with Crippen molar-refractivity contribution in [1.29, 1.82) is 0 Å². The van der Waals surface area contributed by atoms with E-state index in [4.69, 9.17) is 9.47 Å². The highest BCUT2D eigenvalue weighted by Gasteiger charge is 2.26. The highest BCUT2D eigenvalue weighted by molar-refractivity contribution is 5.85. The van der Waals surface area contributed by atoms with Crippen LogP contribution >= 0.6 is 0 Å². The van der Waals surface area contributed by atoms with E-state index in [0.29, 0.717) is 6.54 Å². The van der Waals surface area contributed by atoms with Crippen LogP contribution in [-0.4, -0.2) is 48.6 Å². The van der Waals surface area contributed by atoms with E-state index in [9.17, 15) is 14.4 Å². The van der Waals surface area contributed by atoms with Crippen molar-refractivity contribution in [3.8, 4) is 0 Å². The van der Waals surface area contributed by atoms with Gasteiger partial charge in [-0.3, -0.25) is 4.79 Å². The number of hydrogen-bond acceptors (Lipinski definition) is 5. The van der Waals surface area contributed by atoms with Crippen molar-refractivity contribution in [2.45, 2.75) is 46.3 Å². The molecule has 1 N–H and O–H groups in total. The first-order chi connectivity index (χ1) is 17.9. The van der Waals surface area contributed by atoms with Gasteiger partial charge >= 0.3 is 18.0 Å². The first-order valence-electron chi connectivity index (χ1n) is 12.7. The van der Waals surface area contributed by atoms with Crippen molar-refractivity contribution in [2.75, 3.05) is 19.7 Å². The number of benzene rings is 3. The fourth-order valence-corrected chi connectivity index (χ4v) is 4.04. The van der Waals surface area contributed by atoms with Gasteiger partial charge in [0.2, 0.25) is 0 Å². The van der Waals surface area contributed by atoms with Crippen LogP contribution in [0.3, 0.4) is 0 Å². The third-order valence-electron chi connectivity index (χ3n) is 5.82. The standard InChI is InChI=1S/C30H36N2O5/c1-4-36-28(33)16-17-32(20-22(2)3)30(35)31-27(29(34)37-21-23-10-6-5-7-11-23)19-24-14-15-25-12-8-9-13-26(25)18-24/h5-15,18,22,27H,4,16-17,19-21H2,1-3H3,(H,31,35)/t27-/m0/s1. The molecule has 0 saturated carbocycles. The number of esters is 2. The van der Waals surface area contributed by atoms with Crippen molar-refractivity contribution in [2.24, 2.45) is 5.92 Å². The van der Waals surface area contributed by atoms with E-state index in [1.54, 1.807) is 11.8 Å². The highest BCUT2D eigenvalue weighted by Crippen LogP contribution is 2.17. The van der Waals surface area contributed by atoms with E-state index in [1.807, 2.05) is 86.6 Å². The molecule has 7 nitrogen and oxygen atoms in total. The molecule has 0 unspecified atom stereocenters. The molecule has 3 rings (SSSR count). The molecule has 0 aliphatic heterocycles. The van der Waals surface area contributed by atoms with E-state index in [1.165, 1.54) is 0 Å². The van der Waals surface area contributed by atoms with Crippen LogP contribution in [0.25, 0.3) is 10.8 Å². The summed E-state index contributed by atoms with van der Waals surface area (Å²) in [6.07, 6.45) is 0.360. The third-order valence-corrected chi connectivity index (χ3v) is 5.82. The molecule has 0 aliphatic carbocycles. The van der Waals surface area contributed by atoms with E-state index in [2.05, 4.69) is 5.32 Å². The Morgan fingerprint density at radius 3 is 2.27 bits per heavy atom. The quantitative estimate of drug-likeness (QED) is 0.346. The van der Waals surface area contributed by atoms with Gasteiger partial charge in [0.15, 0.2) is 0 Å². The lowest BCUT2D eigenvalue weighted by Crippen LogP contribution is -2.50. The monoisotopic (exact) mass is 504 g/mol. The number of fused-ring (bicyclic) bond motifs is 1. The number of ether oxygens (including phenoxy) is 2. The smallest absolute Gasteiger partial charge is 0.329 e. The fraction of sp³-hybridized carbons (Fsp3) is 0.367. The molecule has 7 heteroatoms. The molecule has 0 heterocycles. The molecule has 0 aromatic heterocycles. The van der Waals surface area contributed by atoms with E-state index in [-0.39, 0.29) is 44.5 Å². The average Bonchev–Trinajstić information content (AvgIpc) is 2.89. The minimum atomic E-state index is -0.894. The van der Waals surface area contributed by atoms with Gasteiger partial charge in [0, 0.05) is 19.5 Å². The van der Waals surface area contributed by atoms with E-state index in [0.717, 1.165) is 21.9 Å². The minimum Gasteiger partial charge on any atom is -0.466 e. The summed E-state index contributed by atoms with van der Waals surface area (Å²) in [5.74, 6) is -0.698. The molecule has 0 radical (unpaired) electrons. The predicted molar refractivity (Wildman–Crippen MR) is 144 cm³/mol. The number of nitrogens with one attached hydrogen (secondary N) is 1. The molecule has 0 fully saturated rings. The summed E-state index contributed by atoms with van der Waals surface area (Å²) in [7, 11) is 0. The van der Waals surface area contributed by atoms with Crippen molar-refractivity contribution < 1.29 is 23.9 Å². The zero-order chi connectivity index (χ0) is 26.6. The lowest BCUT2D eigenvalue weighted by atomic mass is 10.0. The second-order valence-corrected chi connectivity index (χ2v) is 9.38. The van der Waals surface area contributed by atoms with Crippen LogP contribution < -0.4 is 5.32 Å². The molecular weight excluding hydrogens is 468 g/mol. The zero-order valence-electron chi connectivity index (χ0n) is 21.8. The summed E-state index contributed by atoms with van der Waals surface area (Å²) >= 11 is 0. The van der Waals surface area contributed by atoms with Crippen molar-refractivity contribution in [3.05, 3.63) is 83.9 Å². The van der Waals surface area contributed by atoms with Gasteiger partial charge < -0.3 is 19.7 Å². The Kier molecular flexibility index (Phi) is 10.5. The van der Waals surface area contributed by atoms with E-state index >= 15 is 0 Å². The van der Waals surface area contributed by atoms with Gasteiger partial charge in [-0.05, 0) is 34.7 Å². The summed E-state index contributed by atoms with van der Waals surface area (Å²) < 4.78 is 10.6.